The van der Waals surface area contributed by atoms with Crippen LogP contribution in [0.2, 0.25) is 0 Å². The van der Waals surface area contributed by atoms with Crippen LogP contribution in [0.4, 0.5) is 11.4 Å². The fourth-order valence-corrected chi connectivity index (χ4v) is 1.67. The van der Waals surface area contributed by atoms with E-state index >= 15 is 0 Å². The Morgan fingerprint density at radius 1 is 1.33 bits per heavy atom. The summed E-state index contributed by atoms with van der Waals surface area (Å²) in [5.41, 5.74) is 7.26. The van der Waals surface area contributed by atoms with E-state index in [1.54, 1.807) is 39.4 Å². The fraction of sp³-hybridized carbons (Fsp3) is 0.429. The van der Waals surface area contributed by atoms with E-state index in [4.69, 9.17) is 10.5 Å². The SMILES string of the molecule is COCCNC(=O)CNc1cc(N)ccc1C(=O)N(C)C. The summed E-state index contributed by atoms with van der Waals surface area (Å²) in [6, 6.07) is 4.93. The summed E-state index contributed by atoms with van der Waals surface area (Å²) in [4.78, 5) is 25.2. The largest absolute Gasteiger partial charge is 0.399 e. The molecule has 0 fully saturated rings. The van der Waals surface area contributed by atoms with Crippen LogP contribution in [0.5, 0.6) is 0 Å². The third-order valence-corrected chi connectivity index (χ3v) is 2.75. The molecule has 0 aliphatic rings. The maximum Gasteiger partial charge on any atom is 0.255 e. The minimum absolute atomic E-state index is 0.0564. The summed E-state index contributed by atoms with van der Waals surface area (Å²) in [6.45, 7) is 0.951. The number of benzene rings is 1. The maximum atomic E-state index is 12.1. The summed E-state index contributed by atoms with van der Waals surface area (Å²) >= 11 is 0. The number of nitrogens with one attached hydrogen (secondary N) is 2. The van der Waals surface area contributed by atoms with Crippen molar-refractivity contribution in [3.63, 3.8) is 0 Å². The number of hydrogen-bond acceptors (Lipinski definition) is 5. The van der Waals surface area contributed by atoms with Gasteiger partial charge in [0.1, 0.15) is 0 Å². The van der Waals surface area contributed by atoms with Crippen LogP contribution < -0.4 is 16.4 Å². The number of rotatable bonds is 7. The molecule has 1 aromatic carbocycles. The lowest BCUT2D eigenvalue weighted by Gasteiger charge is -2.16. The molecular formula is C14H22N4O3. The molecule has 0 radical (unpaired) electrons. The molecule has 1 aromatic rings. The van der Waals surface area contributed by atoms with Gasteiger partial charge in [0.25, 0.3) is 5.91 Å². The molecule has 7 heteroatoms. The van der Waals surface area contributed by atoms with E-state index in [9.17, 15) is 9.59 Å². The highest BCUT2D eigenvalue weighted by atomic mass is 16.5. The lowest BCUT2D eigenvalue weighted by atomic mass is 10.1. The molecule has 0 aromatic heterocycles. The lowest BCUT2D eigenvalue weighted by molar-refractivity contribution is -0.119. The first-order valence-electron chi connectivity index (χ1n) is 6.56. The van der Waals surface area contributed by atoms with Crippen molar-refractivity contribution in [2.45, 2.75) is 0 Å². The molecule has 0 heterocycles. The quantitative estimate of drug-likeness (QED) is 0.491. The van der Waals surface area contributed by atoms with Gasteiger partial charge in [0.15, 0.2) is 0 Å². The molecular weight excluding hydrogens is 272 g/mol. The zero-order valence-electron chi connectivity index (χ0n) is 12.6. The number of anilines is 2. The predicted molar refractivity (Wildman–Crippen MR) is 82.2 cm³/mol. The molecule has 0 bridgehead atoms. The number of nitrogens with zero attached hydrogens (tertiary/aromatic N) is 1. The number of nitrogens with two attached hydrogens (primary N) is 1. The number of carbonyl (C=O) groups excluding carboxylic acids is 2. The van der Waals surface area contributed by atoms with Gasteiger partial charge in [-0.1, -0.05) is 0 Å². The van der Waals surface area contributed by atoms with Crippen LogP contribution in [0.25, 0.3) is 0 Å². The molecule has 21 heavy (non-hydrogen) atoms. The number of carbonyl (C=O) groups is 2. The summed E-state index contributed by atoms with van der Waals surface area (Å²) in [5.74, 6) is -0.338. The van der Waals surface area contributed by atoms with Gasteiger partial charge in [-0.2, -0.15) is 0 Å². The highest BCUT2D eigenvalue weighted by molar-refractivity contribution is 6.00. The predicted octanol–water partition coefficient (Wildman–Crippen LogP) is 0.145. The molecule has 0 atom stereocenters. The van der Waals surface area contributed by atoms with Crippen LogP contribution in [0.3, 0.4) is 0 Å². The van der Waals surface area contributed by atoms with Crippen molar-refractivity contribution >= 4 is 23.2 Å². The Morgan fingerprint density at radius 3 is 2.67 bits per heavy atom. The van der Waals surface area contributed by atoms with Gasteiger partial charge >= 0.3 is 0 Å². The van der Waals surface area contributed by atoms with Crippen molar-refractivity contribution in [2.75, 3.05) is 52.0 Å². The van der Waals surface area contributed by atoms with Crippen molar-refractivity contribution in [3.8, 4) is 0 Å². The molecule has 116 valence electrons. The Labute approximate surface area is 124 Å². The van der Waals surface area contributed by atoms with E-state index in [0.717, 1.165) is 0 Å². The molecule has 1 rings (SSSR count). The Balaban J connectivity index is 2.71. The van der Waals surface area contributed by atoms with Crippen molar-refractivity contribution in [1.29, 1.82) is 0 Å². The Kier molecular flexibility index (Phi) is 6.48. The molecule has 0 saturated carbocycles. The lowest BCUT2D eigenvalue weighted by Crippen LogP contribution is -2.32. The van der Waals surface area contributed by atoms with Crippen LogP contribution in [0.15, 0.2) is 18.2 Å². The first-order valence-corrected chi connectivity index (χ1v) is 6.56. The standard InChI is InChI=1S/C14H22N4O3/c1-18(2)14(20)11-5-4-10(15)8-12(11)17-9-13(19)16-6-7-21-3/h4-5,8,17H,6-7,9,15H2,1-3H3,(H,16,19). The van der Waals surface area contributed by atoms with Gasteiger partial charge in [-0.15, -0.1) is 0 Å². The van der Waals surface area contributed by atoms with Crippen LogP contribution in [0, 0.1) is 0 Å². The van der Waals surface area contributed by atoms with Crippen molar-refractivity contribution in [3.05, 3.63) is 23.8 Å². The molecule has 0 aliphatic carbocycles. The highest BCUT2D eigenvalue weighted by Gasteiger charge is 2.14. The van der Waals surface area contributed by atoms with Gasteiger partial charge in [-0.05, 0) is 18.2 Å². The Morgan fingerprint density at radius 2 is 2.05 bits per heavy atom. The normalized spacial score (nSPS) is 10.0. The van der Waals surface area contributed by atoms with Gasteiger partial charge in [0, 0.05) is 39.1 Å². The van der Waals surface area contributed by atoms with E-state index in [0.29, 0.717) is 30.1 Å². The molecule has 2 amide bonds. The summed E-state index contributed by atoms with van der Waals surface area (Å²) in [6.07, 6.45) is 0. The van der Waals surface area contributed by atoms with Crippen molar-refractivity contribution in [2.24, 2.45) is 0 Å². The minimum Gasteiger partial charge on any atom is -0.399 e. The van der Waals surface area contributed by atoms with Gasteiger partial charge in [-0.3, -0.25) is 9.59 Å². The maximum absolute atomic E-state index is 12.1. The first kappa shape index (κ1) is 16.8. The Hall–Kier alpha value is -2.28. The van der Waals surface area contributed by atoms with Gasteiger partial charge < -0.3 is 26.0 Å². The first-order chi connectivity index (χ1) is 9.95. The minimum atomic E-state index is -0.183. The highest BCUT2D eigenvalue weighted by Crippen LogP contribution is 2.20. The second-order valence-electron chi connectivity index (χ2n) is 4.70. The summed E-state index contributed by atoms with van der Waals surface area (Å²) in [7, 11) is 4.90. The summed E-state index contributed by atoms with van der Waals surface area (Å²) < 4.78 is 4.85. The van der Waals surface area contributed by atoms with Crippen molar-refractivity contribution in [1.82, 2.24) is 10.2 Å². The number of ether oxygens (including phenoxy) is 1. The van der Waals surface area contributed by atoms with E-state index < -0.39 is 0 Å². The van der Waals surface area contributed by atoms with E-state index in [1.165, 1.54) is 4.90 Å². The zero-order valence-corrected chi connectivity index (χ0v) is 12.6. The van der Waals surface area contributed by atoms with Crippen LogP contribution >= 0.6 is 0 Å². The van der Waals surface area contributed by atoms with Gasteiger partial charge in [0.05, 0.1) is 18.7 Å². The molecule has 0 saturated heterocycles. The second kappa shape index (κ2) is 8.11. The second-order valence-corrected chi connectivity index (χ2v) is 4.70. The third-order valence-electron chi connectivity index (χ3n) is 2.75. The topological polar surface area (TPSA) is 96.7 Å². The fourth-order valence-electron chi connectivity index (χ4n) is 1.67. The molecule has 4 N–H and O–H groups in total. The zero-order chi connectivity index (χ0) is 15.8. The third kappa shape index (κ3) is 5.31. The molecule has 0 unspecified atom stereocenters. The van der Waals surface area contributed by atoms with E-state index in [-0.39, 0.29) is 18.4 Å². The van der Waals surface area contributed by atoms with Crippen molar-refractivity contribution < 1.29 is 14.3 Å². The van der Waals surface area contributed by atoms with Crippen LogP contribution in [-0.2, 0) is 9.53 Å². The monoisotopic (exact) mass is 294 g/mol. The smallest absolute Gasteiger partial charge is 0.255 e. The number of hydrogen-bond donors (Lipinski definition) is 3. The number of methoxy groups -OCH3 is 1. The van der Waals surface area contributed by atoms with Gasteiger partial charge in [-0.25, -0.2) is 0 Å². The average molecular weight is 294 g/mol. The van der Waals surface area contributed by atoms with Crippen LogP contribution in [0.1, 0.15) is 10.4 Å². The van der Waals surface area contributed by atoms with Gasteiger partial charge in [0.2, 0.25) is 5.91 Å². The van der Waals surface area contributed by atoms with Crippen LogP contribution in [-0.4, -0.2) is 57.6 Å². The molecule has 0 aliphatic heterocycles. The number of amides is 2. The average Bonchev–Trinajstić information content (AvgIpc) is 2.44. The summed E-state index contributed by atoms with van der Waals surface area (Å²) in [5, 5.41) is 5.62. The Bertz CT molecular complexity index is 503. The van der Waals surface area contributed by atoms with E-state index in [1.807, 2.05) is 0 Å². The number of nitrogen functional groups attached to an aromatic ring is 1. The molecule has 0 spiro atoms. The molecule has 7 nitrogen and oxygen atoms in total. The van der Waals surface area contributed by atoms with E-state index in [2.05, 4.69) is 10.6 Å².